The topological polar surface area (TPSA) is 67.9 Å². The van der Waals surface area contributed by atoms with Gasteiger partial charge in [0.15, 0.2) is 0 Å². The number of rotatable bonds is 4. The highest BCUT2D eigenvalue weighted by atomic mass is 19.4. The number of alkyl halides is 3. The van der Waals surface area contributed by atoms with Gasteiger partial charge in [0.05, 0.1) is 13.2 Å². The zero-order chi connectivity index (χ0) is 17.7. The molecule has 1 aliphatic rings. The zero-order valence-corrected chi connectivity index (χ0v) is 12.9. The van der Waals surface area contributed by atoms with Gasteiger partial charge in [0, 0.05) is 18.7 Å². The van der Waals surface area contributed by atoms with Gasteiger partial charge in [0.1, 0.15) is 11.8 Å². The Hall–Kier alpha value is -2.29. The maximum absolute atomic E-state index is 12.2. The molecule has 0 aliphatic carbocycles. The Morgan fingerprint density at radius 2 is 1.79 bits per heavy atom. The summed E-state index contributed by atoms with van der Waals surface area (Å²) in [6.07, 6.45) is -4.79. The number of nitrogens with zero attached hydrogens (tertiary/aromatic N) is 1. The third-order valence-corrected chi connectivity index (χ3v) is 3.39. The van der Waals surface area contributed by atoms with Crippen molar-refractivity contribution in [3.05, 3.63) is 29.8 Å². The summed E-state index contributed by atoms with van der Waals surface area (Å²) < 4.78 is 45.1. The number of hydrogen-bond acceptors (Lipinski definition) is 4. The van der Waals surface area contributed by atoms with Crippen molar-refractivity contribution in [2.24, 2.45) is 0 Å². The van der Waals surface area contributed by atoms with Crippen LogP contribution in [0.1, 0.15) is 17.3 Å². The van der Waals surface area contributed by atoms with Gasteiger partial charge in [-0.25, -0.2) is 0 Å². The SMILES string of the molecule is CC(NC(=O)c1ccc(OC(F)(F)F)cc1)C(=O)N1CCOCC1. The van der Waals surface area contributed by atoms with Crippen LogP contribution in [0, 0.1) is 0 Å². The molecule has 0 bridgehead atoms. The third-order valence-electron chi connectivity index (χ3n) is 3.39. The van der Waals surface area contributed by atoms with E-state index in [1.54, 1.807) is 11.8 Å². The monoisotopic (exact) mass is 346 g/mol. The Kier molecular flexibility index (Phi) is 5.66. The lowest BCUT2D eigenvalue weighted by atomic mass is 10.2. The largest absolute Gasteiger partial charge is 0.573 e. The lowest BCUT2D eigenvalue weighted by Crippen LogP contribution is -2.50. The zero-order valence-electron chi connectivity index (χ0n) is 12.9. The third kappa shape index (κ3) is 5.12. The summed E-state index contributed by atoms with van der Waals surface area (Å²) in [6.45, 7) is 3.38. The molecule has 0 spiro atoms. The van der Waals surface area contributed by atoms with Crippen LogP contribution >= 0.6 is 0 Å². The van der Waals surface area contributed by atoms with Gasteiger partial charge in [-0.1, -0.05) is 0 Å². The van der Waals surface area contributed by atoms with E-state index in [0.717, 1.165) is 12.1 Å². The Balaban J connectivity index is 1.92. The molecule has 1 saturated heterocycles. The molecule has 1 fully saturated rings. The molecule has 1 atom stereocenters. The van der Waals surface area contributed by atoms with Crippen LogP contribution < -0.4 is 10.1 Å². The van der Waals surface area contributed by atoms with Gasteiger partial charge in [-0.3, -0.25) is 9.59 Å². The summed E-state index contributed by atoms with van der Waals surface area (Å²) in [5.74, 6) is -1.21. The van der Waals surface area contributed by atoms with Crippen molar-refractivity contribution in [3.63, 3.8) is 0 Å². The first kappa shape index (κ1) is 18.1. The van der Waals surface area contributed by atoms with Gasteiger partial charge < -0.3 is 19.7 Å². The van der Waals surface area contributed by atoms with Crippen LogP contribution in [0.4, 0.5) is 13.2 Å². The maximum atomic E-state index is 12.2. The molecule has 1 unspecified atom stereocenters. The van der Waals surface area contributed by atoms with Crippen LogP contribution in [-0.2, 0) is 9.53 Å². The van der Waals surface area contributed by atoms with Gasteiger partial charge in [-0.15, -0.1) is 13.2 Å². The van der Waals surface area contributed by atoms with Crippen molar-refractivity contribution < 1.29 is 32.2 Å². The van der Waals surface area contributed by atoms with E-state index in [1.165, 1.54) is 12.1 Å². The molecule has 1 N–H and O–H groups in total. The van der Waals surface area contributed by atoms with Gasteiger partial charge in [-0.05, 0) is 31.2 Å². The Labute approximate surface area is 136 Å². The minimum atomic E-state index is -4.79. The van der Waals surface area contributed by atoms with Crippen molar-refractivity contribution in [2.45, 2.75) is 19.3 Å². The van der Waals surface area contributed by atoms with Gasteiger partial charge >= 0.3 is 6.36 Å². The number of amides is 2. The Morgan fingerprint density at radius 1 is 1.21 bits per heavy atom. The van der Waals surface area contributed by atoms with Crippen molar-refractivity contribution in [3.8, 4) is 5.75 Å². The molecular formula is C15H17F3N2O4. The van der Waals surface area contributed by atoms with E-state index >= 15 is 0 Å². The molecule has 132 valence electrons. The number of halogens is 3. The van der Waals surface area contributed by atoms with Gasteiger partial charge in [-0.2, -0.15) is 0 Å². The fourth-order valence-electron chi connectivity index (χ4n) is 2.21. The number of carbonyl (C=O) groups is 2. The van der Waals surface area contributed by atoms with E-state index in [0.29, 0.717) is 26.3 Å². The quantitative estimate of drug-likeness (QED) is 0.899. The first-order valence-corrected chi connectivity index (χ1v) is 7.29. The normalized spacial score (nSPS) is 16.4. The predicted molar refractivity (Wildman–Crippen MR) is 77.5 cm³/mol. The first-order valence-electron chi connectivity index (χ1n) is 7.29. The van der Waals surface area contributed by atoms with Gasteiger partial charge in [0.2, 0.25) is 5.91 Å². The molecule has 0 saturated carbocycles. The van der Waals surface area contributed by atoms with Crippen molar-refractivity contribution in [2.75, 3.05) is 26.3 Å². The molecule has 1 heterocycles. The Bertz CT molecular complexity index is 583. The number of ether oxygens (including phenoxy) is 2. The second-order valence-corrected chi connectivity index (χ2v) is 5.20. The molecule has 1 aromatic rings. The molecule has 6 nitrogen and oxygen atoms in total. The van der Waals surface area contributed by atoms with E-state index in [2.05, 4.69) is 10.1 Å². The fourth-order valence-corrected chi connectivity index (χ4v) is 2.21. The molecule has 9 heteroatoms. The smallest absolute Gasteiger partial charge is 0.406 e. The molecule has 2 rings (SSSR count). The molecule has 1 aliphatic heterocycles. The van der Waals surface area contributed by atoms with E-state index in [-0.39, 0.29) is 11.5 Å². The summed E-state index contributed by atoms with van der Waals surface area (Å²) in [4.78, 5) is 25.8. The molecule has 24 heavy (non-hydrogen) atoms. The van der Waals surface area contributed by atoms with E-state index < -0.39 is 24.1 Å². The van der Waals surface area contributed by atoms with Crippen molar-refractivity contribution in [1.82, 2.24) is 10.2 Å². The molecule has 2 amide bonds. The summed E-state index contributed by atoms with van der Waals surface area (Å²) >= 11 is 0. The highest BCUT2D eigenvalue weighted by Crippen LogP contribution is 2.22. The molecule has 1 aromatic carbocycles. The van der Waals surface area contributed by atoms with Crippen LogP contribution in [0.3, 0.4) is 0 Å². The van der Waals surface area contributed by atoms with Crippen LogP contribution in [0.2, 0.25) is 0 Å². The standard InChI is InChI=1S/C15H17F3N2O4/c1-10(14(22)20-6-8-23-9-7-20)19-13(21)11-2-4-12(5-3-11)24-15(16,17)18/h2-5,10H,6-9H2,1H3,(H,19,21). The number of nitrogens with one attached hydrogen (secondary N) is 1. The highest BCUT2D eigenvalue weighted by molar-refractivity contribution is 5.97. The van der Waals surface area contributed by atoms with Crippen LogP contribution in [0.15, 0.2) is 24.3 Å². The summed E-state index contributed by atoms with van der Waals surface area (Å²) in [7, 11) is 0. The number of hydrogen-bond donors (Lipinski definition) is 1. The van der Waals surface area contributed by atoms with Crippen LogP contribution in [-0.4, -0.2) is 55.4 Å². The average molecular weight is 346 g/mol. The Morgan fingerprint density at radius 3 is 2.33 bits per heavy atom. The second kappa shape index (κ2) is 7.52. The summed E-state index contributed by atoms with van der Waals surface area (Å²) in [5, 5.41) is 2.53. The number of carbonyl (C=O) groups excluding carboxylic acids is 2. The first-order chi connectivity index (χ1) is 11.3. The van der Waals surface area contributed by atoms with E-state index in [9.17, 15) is 22.8 Å². The predicted octanol–water partition coefficient (Wildman–Crippen LogP) is 1.56. The maximum Gasteiger partial charge on any atom is 0.573 e. The van der Waals surface area contributed by atoms with Crippen LogP contribution in [0.25, 0.3) is 0 Å². The lowest BCUT2D eigenvalue weighted by molar-refractivity contribution is -0.274. The number of morpholine rings is 1. The molecule has 0 aromatic heterocycles. The van der Waals surface area contributed by atoms with E-state index in [4.69, 9.17) is 4.74 Å². The van der Waals surface area contributed by atoms with Gasteiger partial charge in [0.25, 0.3) is 5.91 Å². The molecule has 0 radical (unpaired) electrons. The average Bonchev–Trinajstić information content (AvgIpc) is 2.54. The minimum absolute atomic E-state index is 0.131. The molecular weight excluding hydrogens is 329 g/mol. The second-order valence-electron chi connectivity index (χ2n) is 5.20. The highest BCUT2D eigenvalue weighted by Gasteiger charge is 2.31. The van der Waals surface area contributed by atoms with Crippen LogP contribution in [0.5, 0.6) is 5.75 Å². The lowest BCUT2D eigenvalue weighted by Gasteiger charge is -2.29. The number of benzene rings is 1. The van der Waals surface area contributed by atoms with Crippen molar-refractivity contribution >= 4 is 11.8 Å². The van der Waals surface area contributed by atoms with E-state index in [1.807, 2.05) is 0 Å². The summed E-state index contributed by atoms with van der Waals surface area (Å²) in [5.41, 5.74) is 0.131. The summed E-state index contributed by atoms with van der Waals surface area (Å²) in [6, 6.07) is 3.72. The van der Waals surface area contributed by atoms with Crippen molar-refractivity contribution in [1.29, 1.82) is 0 Å². The fraction of sp³-hybridized carbons (Fsp3) is 0.467. The minimum Gasteiger partial charge on any atom is -0.406 e.